The summed E-state index contributed by atoms with van der Waals surface area (Å²) in [6, 6.07) is 87.8. The van der Waals surface area contributed by atoms with E-state index in [1.54, 1.807) is 0 Å². The molecule has 0 saturated heterocycles. The number of para-hydroxylation sites is 3. The van der Waals surface area contributed by atoms with Crippen LogP contribution in [0.5, 0.6) is 0 Å². The van der Waals surface area contributed by atoms with Crippen molar-refractivity contribution >= 4 is 49.6 Å². The average Bonchev–Trinajstić information content (AvgIpc) is 3.65. The van der Waals surface area contributed by atoms with Crippen LogP contribution in [0.2, 0.25) is 0 Å². The quantitative estimate of drug-likeness (QED) is 0.150. The zero-order chi connectivity index (χ0) is 39.8. The van der Waals surface area contributed by atoms with Crippen molar-refractivity contribution in [1.29, 1.82) is 0 Å². The average molecular weight is 765 g/mol. The van der Waals surface area contributed by atoms with E-state index < -0.39 is 0 Å². The number of fused-ring (bicyclic) bond motifs is 4. The number of rotatable bonds is 8. The molecule has 0 aliphatic heterocycles. The molecule has 0 atom stereocenters. The van der Waals surface area contributed by atoms with Crippen molar-refractivity contribution in [2.75, 3.05) is 4.90 Å². The van der Waals surface area contributed by atoms with Crippen molar-refractivity contribution < 1.29 is 0 Å². The van der Waals surface area contributed by atoms with Gasteiger partial charge in [0.25, 0.3) is 0 Å². The van der Waals surface area contributed by atoms with Gasteiger partial charge in [0.1, 0.15) is 0 Å². The van der Waals surface area contributed by atoms with E-state index in [4.69, 9.17) is 0 Å². The van der Waals surface area contributed by atoms with Gasteiger partial charge in [-0.05, 0) is 98.8 Å². The second kappa shape index (κ2) is 15.1. The molecule has 282 valence electrons. The summed E-state index contributed by atoms with van der Waals surface area (Å²) in [5.74, 6) is 0. The summed E-state index contributed by atoms with van der Waals surface area (Å²) in [5.41, 5.74) is 16.4. The smallest absolute Gasteiger partial charge is 0.0547 e. The molecular formula is C58H40N2. The highest BCUT2D eigenvalue weighted by Crippen LogP contribution is 2.43. The lowest BCUT2D eigenvalue weighted by Gasteiger charge is -2.28. The fourth-order valence-electron chi connectivity index (χ4n) is 8.86. The van der Waals surface area contributed by atoms with E-state index in [1.807, 2.05) is 0 Å². The van der Waals surface area contributed by atoms with Gasteiger partial charge in [0.15, 0.2) is 0 Å². The molecule has 0 radical (unpaired) electrons. The molecule has 0 aliphatic rings. The number of benzene rings is 10. The van der Waals surface area contributed by atoms with Gasteiger partial charge >= 0.3 is 0 Å². The Morgan fingerprint density at radius 3 is 1.40 bits per heavy atom. The lowest BCUT2D eigenvalue weighted by Crippen LogP contribution is -2.11. The van der Waals surface area contributed by atoms with Crippen molar-refractivity contribution in [2.45, 2.75) is 0 Å². The molecule has 0 amide bonds. The van der Waals surface area contributed by atoms with E-state index in [1.165, 1.54) is 71.5 Å². The predicted molar refractivity (Wildman–Crippen MR) is 255 cm³/mol. The summed E-state index contributed by atoms with van der Waals surface area (Å²) in [5, 5.41) is 5.01. The largest absolute Gasteiger partial charge is 0.310 e. The maximum absolute atomic E-state index is 2.44. The molecule has 0 bridgehead atoms. The summed E-state index contributed by atoms with van der Waals surface area (Å²) < 4.78 is 2.44. The fourth-order valence-corrected chi connectivity index (χ4v) is 8.86. The first kappa shape index (κ1) is 35.2. The van der Waals surface area contributed by atoms with Crippen molar-refractivity contribution in [3.8, 4) is 50.2 Å². The zero-order valence-electron chi connectivity index (χ0n) is 33.0. The normalized spacial score (nSPS) is 11.3. The minimum Gasteiger partial charge on any atom is -0.310 e. The molecule has 0 fully saturated rings. The zero-order valence-corrected chi connectivity index (χ0v) is 33.0. The van der Waals surface area contributed by atoms with E-state index in [-0.39, 0.29) is 0 Å². The minimum absolute atomic E-state index is 1.09. The van der Waals surface area contributed by atoms with Crippen LogP contribution in [0.15, 0.2) is 243 Å². The highest BCUT2D eigenvalue weighted by molar-refractivity contribution is 6.14. The molecule has 11 rings (SSSR count). The Hall–Kier alpha value is -7.94. The van der Waals surface area contributed by atoms with Gasteiger partial charge in [0, 0.05) is 33.3 Å². The van der Waals surface area contributed by atoms with E-state index in [2.05, 4.69) is 252 Å². The van der Waals surface area contributed by atoms with Crippen molar-refractivity contribution in [1.82, 2.24) is 4.57 Å². The number of nitrogens with zero attached hydrogens (tertiary/aromatic N) is 2. The van der Waals surface area contributed by atoms with Gasteiger partial charge in [-0.25, -0.2) is 0 Å². The second-order valence-electron chi connectivity index (χ2n) is 15.3. The van der Waals surface area contributed by atoms with Crippen LogP contribution in [0.25, 0.3) is 82.8 Å². The molecule has 1 heterocycles. The Labute approximate surface area is 350 Å². The standard InChI is InChI=1S/C58H40N2/c1-3-15-41(16-4-1)42-27-29-43(30-28-42)44-31-35-49(36-32-44)59(55-24-12-9-21-51(55)45-17-5-2-6-18-45)50-37-33-46(34-38-50)52-22-10-13-25-56(52)60-57-26-14-11-23-53(57)54-39-47-19-7-8-20-48(47)40-58(54)60/h1-40H. The number of anilines is 3. The summed E-state index contributed by atoms with van der Waals surface area (Å²) in [7, 11) is 0. The lowest BCUT2D eigenvalue weighted by atomic mass is 9.99. The Kier molecular flexibility index (Phi) is 8.87. The van der Waals surface area contributed by atoms with Gasteiger partial charge in [-0.2, -0.15) is 0 Å². The monoisotopic (exact) mass is 764 g/mol. The summed E-state index contributed by atoms with van der Waals surface area (Å²) in [4.78, 5) is 2.39. The van der Waals surface area contributed by atoms with Crippen LogP contribution in [0.4, 0.5) is 17.1 Å². The van der Waals surface area contributed by atoms with E-state index in [9.17, 15) is 0 Å². The molecule has 11 aromatic rings. The number of aromatic nitrogens is 1. The maximum Gasteiger partial charge on any atom is 0.0547 e. The fraction of sp³-hybridized carbons (Fsp3) is 0. The Morgan fingerprint density at radius 1 is 0.283 bits per heavy atom. The third-order valence-corrected chi connectivity index (χ3v) is 11.8. The molecule has 0 unspecified atom stereocenters. The summed E-state index contributed by atoms with van der Waals surface area (Å²) in [6.07, 6.45) is 0. The van der Waals surface area contributed by atoms with Gasteiger partial charge < -0.3 is 9.47 Å². The van der Waals surface area contributed by atoms with Gasteiger partial charge in [0.2, 0.25) is 0 Å². The van der Waals surface area contributed by atoms with Crippen molar-refractivity contribution in [3.05, 3.63) is 243 Å². The molecule has 0 spiro atoms. The van der Waals surface area contributed by atoms with E-state index in [0.717, 1.165) is 28.3 Å². The van der Waals surface area contributed by atoms with Gasteiger partial charge in [-0.3, -0.25) is 0 Å². The number of hydrogen-bond acceptors (Lipinski definition) is 1. The first-order chi connectivity index (χ1) is 29.8. The lowest BCUT2D eigenvalue weighted by molar-refractivity contribution is 1.18. The molecule has 2 heteroatoms. The third-order valence-electron chi connectivity index (χ3n) is 11.8. The number of hydrogen-bond donors (Lipinski definition) is 0. The van der Waals surface area contributed by atoms with E-state index >= 15 is 0 Å². The van der Waals surface area contributed by atoms with Crippen molar-refractivity contribution in [2.24, 2.45) is 0 Å². The van der Waals surface area contributed by atoms with Crippen LogP contribution in [0.3, 0.4) is 0 Å². The van der Waals surface area contributed by atoms with Gasteiger partial charge in [-0.1, -0.05) is 188 Å². The Bertz CT molecular complexity index is 3270. The first-order valence-electron chi connectivity index (χ1n) is 20.6. The highest BCUT2D eigenvalue weighted by atomic mass is 15.1. The van der Waals surface area contributed by atoms with Crippen LogP contribution in [-0.2, 0) is 0 Å². The summed E-state index contributed by atoms with van der Waals surface area (Å²) >= 11 is 0. The van der Waals surface area contributed by atoms with Gasteiger partial charge in [-0.15, -0.1) is 0 Å². The predicted octanol–water partition coefficient (Wildman–Crippen LogP) is 16.1. The van der Waals surface area contributed by atoms with Crippen LogP contribution in [0, 0.1) is 0 Å². The van der Waals surface area contributed by atoms with Crippen LogP contribution < -0.4 is 4.90 Å². The van der Waals surface area contributed by atoms with Crippen molar-refractivity contribution in [3.63, 3.8) is 0 Å². The summed E-state index contributed by atoms with van der Waals surface area (Å²) in [6.45, 7) is 0. The topological polar surface area (TPSA) is 8.17 Å². The van der Waals surface area contributed by atoms with Crippen LogP contribution >= 0.6 is 0 Å². The molecular weight excluding hydrogens is 725 g/mol. The van der Waals surface area contributed by atoms with Crippen LogP contribution in [0.1, 0.15) is 0 Å². The molecule has 10 aromatic carbocycles. The van der Waals surface area contributed by atoms with Crippen LogP contribution in [-0.4, -0.2) is 4.57 Å². The molecule has 0 N–H and O–H groups in total. The first-order valence-corrected chi connectivity index (χ1v) is 20.6. The maximum atomic E-state index is 2.44. The Morgan fingerprint density at radius 2 is 0.733 bits per heavy atom. The third kappa shape index (κ3) is 6.32. The van der Waals surface area contributed by atoms with Gasteiger partial charge in [0.05, 0.1) is 22.4 Å². The second-order valence-corrected chi connectivity index (χ2v) is 15.3. The molecule has 0 aliphatic carbocycles. The SMILES string of the molecule is c1ccc(-c2ccc(-c3ccc(N(c4ccc(-c5ccccc5-n5c6ccccc6c6cc7ccccc7cc65)cc4)c4ccccc4-c4ccccc4)cc3)cc2)cc1. The molecule has 1 aromatic heterocycles. The molecule has 0 saturated carbocycles. The molecule has 2 nitrogen and oxygen atoms in total. The van der Waals surface area contributed by atoms with E-state index in [0.29, 0.717) is 0 Å². The Balaban J connectivity index is 1.01. The minimum atomic E-state index is 1.09. The molecule has 60 heavy (non-hydrogen) atoms. The highest BCUT2D eigenvalue weighted by Gasteiger charge is 2.19.